The van der Waals surface area contributed by atoms with Crippen molar-refractivity contribution in [2.45, 2.75) is 25.8 Å². The molecule has 7 nitrogen and oxygen atoms in total. The molecule has 3 rings (SSSR count). The molecule has 0 radical (unpaired) electrons. The van der Waals surface area contributed by atoms with Crippen LogP contribution in [0.15, 0.2) is 53.9 Å². The van der Waals surface area contributed by atoms with Crippen LogP contribution in [-0.4, -0.2) is 42.9 Å². The minimum absolute atomic E-state index is 0.00949. The summed E-state index contributed by atoms with van der Waals surface area (Å²) in [6.07, 6.45) is 1.11. The summed E-state index contributed by atoms with van der Waals surface area (Å²) in [4.78, 5) is 25.9. The highest BCUT2D eigenvalue weighted by Gasteiger charge is 2.30. The van der Waals surface area contributed by atoms with Gasteiger partial charge in [-0.25, -0.2) is 0 Å². The van der Waals surface area contributed by atoms with E-state index in [1.807, 2.05) is 24.3 Å². The number of Topliss-reactive ketones (excluding diaryl/α,β-unsaturated/α-hetero) is 1. The van der Waals surface area contributed by atoms with E-state index in [4.69, 9.17) is 4.74 Å². The predicted molar refractivity (Wildman–Crippen MR) is 116 cm³/mol. The first-order valence-corrected chi connectivity index (χ1v) is 9.83. The summed E-state index contributed by atoms with van der Waals surface area (Å²) in [6.45, 7) is 2.06. The molecule has 2 aromatic rings. The molecule has 0 saturated heterocycles. The van der Waals surface area contributed by atoms with Gasteiger partial charge >= 0.3 is 0 Å². The molecular formula is C23H27N3O4. The molecule has 0 bridgehead atoms. The lowest BCUT2D eigenvalue weighted by atomic mass is 9.95. The van der Waals surface area contributed by atoms with Gasteiger partial charge in [0, 0.05) is 19.8 Å². The molecule has 0 saturated carbocycles. The number of hydrogen-bond acceptors (Lipinski definition) is 6. The number of rotatable bonds is 8. The second-order valence-electron chi connectivity index (χ2n) is 7.36. The molecule has 1 unspecified atom stereocenters. The Morgan fingerprint density at radius 3 is 2.60 bits per heavy atom. The van der Waals surface area contributed by atoms with Gasteiger partial charge in [-0.1, -0.05) is 25.1 Å². The van der Waals surface area contributed by atoms with Crippen LogP contribution in [0.3, 0.4) is 0 Å². The number of carbonyl (C=O) groups excluding carboxylic acids is 2. The van der Waals surface area contributed by atoms with Crippen molar-refractivity contribution < 1.29 is 19.4 Å². The van der Waals surface area contributed by atoms with Gasteiger partial charge in [0.05, 0.1) is 30.8 Å². The number of phenols is 1. The highest BCUT2D eigenvalue weighted by Crippen LogP contribution is 2.33. The zero-order chi connectivity index (χ0) is 21.8. The molecule has 3 N–H and O–H groups in total. The van der Waals surface area contributed by atoms with Crippen LogP contribution >= 0.6 is 0 Å². The average molecular weight is 409 g/mol. The summed E-state index contributed by atoms with van der Waals surface area (Å²) >= 11 is 0. The minimum Gasteiger partial charge on any atom is -0.505 e. The second-order valence-corrected chi connectivity index (χ2v) is 7.36. The SMILES string of the molecule is CCC(NC1=C(Nc2cccc(C(=O)N(C)C)c2O)C(=O)C1)c1cccc(OC)c1. The van der Waals surface area contributed by atoms with Crippen molar-refractivity contribution in [3.63, 3.8) is 0 Å². The number of amides is 1. The highest BCUT2D eigenvalue weighted by atomic mass is 16.5. The third-order valence-corrected chi connectivity index (χ3v) is 5.10. The number of ketones is 1. The van der Waals surface area contributed by atoms with E-state index < -0.39 is 0 Å². The fraction of sp³-hybridized carbons (Fsp3) is 0.304. The normalized spacial score (nSPS) is 14.1. The number of para-hydroxylation sites is 1. The molecule has 2 aromatic carbocycles. The third-order valence-electron chi connectivity index (χ3n) is 5.10. The molecule has 0 heterocycles. The molecule has 1 aliphatic rings. The van der Waals surface area contributed by atoms with E-state index in [1.165, 1.54) is 4.90 Å². The zero-order valence-corrected chi connectivity index (χ0v) is 17.7. The van der Waals surface area contributed by atoms with Gasteiger partial charge in [0.2, 0.25) is 0 Å². The molecule has 0 fully saturated rings. The van der Waals surface area contributed by atoms with Gasteiger partial charge in [0.25, 0.3) is 5.91 Å². The molecule has 7 heteroatoms. The van der Waals surface area contributed by atoms with Crippen molar-refractivity contribution in [1.29, 1.82) is 0 Å². The Labute approximate surface area is 176 Å². The number of hydrogen-bond donors (Lipinski definition) is 3. The Morgan fingerprint density at radius 1 is 1.23 bits per heavy atom. The number of aromatic hydroxyl groups is 1. The van der Waals surface area contributed by atoms with Crippen molar-refractivity contribution >= 4 is 17.4 Å². The van der Waals surface area contributed by atoms with Crippen LogP contribution in [0.1, 0.15) is 41.7 Å². The minimum atomic E-state index is -0.313. The lowest BCUT2D eigenvalue weighted by Gasteiger charge is -2.29. The largest absolute Gasteiger partial charge is 0.505 e. The molecule has 0 aromatic heterocycles. The van der Waals surface area contributed by atoms with Crippen molar-refractivity contribution in [1.82, 2.24) is 10.2 Å². The first-order chi connectivity index (χ1) is 14.3. The predicted octanol–water partition coefficient (Wildman–Crippen LogP) is 3.44. The van der Waals surface area contributed by atoms with E-state index in [9.17, 15) is 14.7 Å². The van der Waals surface area contributed by atoms with Crippen LogP contribution in [0.5, 0.6) is 11.5 Å². The molecule has 1 atom stereocenters. The maximum Gasteiger partial charge on any atom is 0.257 e. The Bertz CT molecular complexity index is 998. The molecule has 0 spiro atoms. The monoisotopic (exact) mass is 409 g/mol. The number of anilines is 1. The second kappa shape index (κ2) is 8.90. The summed E-state index contributed by atoms with van der Waals surface area (Å²) in [5.74, 6) is 0.230. The number of ether oxygens (including phenoxy) is 1. The quantitative estimate of drug-likeness (QED) is 0.579. The van der Waals surface area contributed by atoms with Gasteiger partial charge in [-0.3, -0.25) is 9.59 Å². The summed E-state index contributed by atoms with van der Waals surface area (Å²) < 4.78 is 5.31. The molecule has 1 aliphatic carbocycles. The van der Waals surface area contributed by atoms with Crippen molar-refractivity contribution in [2.75, 3.05) is 26.5 Å². The van der Waals surface area contributed by atoms with Gasteiger partial charge in [-0.2, -0.15) is 0 Å². The average Bonchev–Trinajstić information content (AvgIpc) is 2.75. The first-order valence-electron chi connectivity index (χ1n) is 9.83. The number of carbonyl (C=O) groups is 2. The number of allylic oxidation sites excluding steroid dienone is 2. The van der Waals surface area contributed by atoms with Crippen LogP contribution < -0.4 is 15.4 Å². The molecular weight excluding hydrogens is 382 g/mol. The highest BCUT2D eigenvalue weighted by molar-refractivity contribution is 6.07. The topological polar surface area (TPSA) is 90.9 Å². The number of benzene rings is 2. The van der Waals surface area contributed by atoms with E-state index >= 15 is 0 Å². The van der Waals surface area contributed by atoms with Crippen LogP contribution in [-0.2, 0) is 4.79 Å². The van der Waals surface area contributed by atoms with Gasteiger partial charge in [-0.15, -0.1) is 0 Å². The Kier molecular flexibility index (Phi) is 6.30. The maximum absolute atomic E-state index is 12.3. The van der Waals surface area contributed by atoms with Gasteiger partial charge in [0.1, 0.15) is 11.4 Å². The number of nitrogens with zero attached hydrogens (tertiary/aromatic N) is 1. The van der Waals surface area contributed by atoms with Crippen molar-refractivity contribution in [3.8, 4) is 11.5 Å². The first kappa shape index (κ1) is 21.2. The van der Waals surface area contributed by atoms with E-state index in [0.717, 1.165) is 23.4 Å². The standard InChI is InChI=1S/C23H27N3O4/c1-5-17(14-8-6-9-15(12-14)30-4)24-19-13-20(27)21(19)25-18-11-7-10-16(22(18)28)23(29)26(2)3/h6-12,17,24-25,28H,5,13H2,1-4H3. The Balaban J connectivity index is 1.84. The molecule has 158 valence electrons. The van der Waals surface area contributed by atoms with E-state index in [0.29, 0.717) is 17.8 Å². The summed E-state index contributed by atoms with van der Waals surface area (Å²) in [5, 5.41) is 17.0. The van der Waals surface area contributed by atoms with E-state index in [-0.39, 0.29) is 29.0 Å². The summed E-state index contributed by atoms with van der Waals surface area (Å²) in [6, 6.07) is 12.7. The van der Waals surface area contributed by atoms with Gasteiger partial charge < -0.3 is 25.4 Å². The van der Waals surface area contributed by atoms with Crippen molar-refractivity contribution in [3.05, 3.63) is 65.0 Å². The van der Waals surface area contributed by atoms with Gasteiger partial charge in [-0.05, 0) is 36.2 Å². The number of nitrogens with one attached hydrogen (secondary N) is 2. The Hall–Kier alpha value is -3.48. The molecule has 30 heavy (non-hydrogen) atoms. The fourth-order valence-corrected chi connectivity index (χ4v) is 3.35. The van der Waals surface area contributed by atoms with Crippen LogP contribution in [0, 0.1) is 0 Å². The van der Waals surface area contributed by atoms with Crippen LogP contribution in [0.2, 0.25) is 0 Å². The molecule has 0 aliphatic heterocycles. The number of methoxy groups -OCH3 is 1. The number of phenolic OH excluding ortho intramolecular Hbond substituents is 1. The lowest BCUT2D eigenvalue weighted by Crippen LogP contribution is -2.34. The van der Waals surface area contributed by atoms with E-state index in [2.05, 4.69) is 17.6 Å². The summed E-state index contributed by atoms with van der Waals surface area (Å²) in [7, 11) is 4.86. The van der Waals surface area contributed by atoms with Crippen molar-refractivity contribution in [2.24, 2.45) is 0 Å². The van der Waals surface area contributed by atoms with Crippen LogP contribution in [0.4, 0.5) is 5.69 Å². The Morgan fingerprint density at radius 2 is 1.97 bits per heavy atom. The fourth-order valence-electron chi connectivity index (χ4n) is 3.35. The maximum atomic E-state index is 12.3. The van der Waals surface area contributed by atoms with Gasteiger partial charge in [0.15, 0.2) is 11.5 Å². The third kappa shape index (κ3) is 4.25. The lowest BCUT2D eigenvalue weighted by molar-refractivity contribution is -0.116. The van der Waals surface area contributed by atoms with Crippen LogP contribution in [0.25, 0.3) is 0 Å². The molecule has 1 amide bonds. The van der Waals surface area contributed by atoms with E-state index in [1.54, 1.807) is 39.4 Å². The zero-order valence-electron chi connectivity index (χ0n) is 17.7. The smallest absolute Gasteiger partial charge is 0.257 e. The summed E-state index contributed by atoms with van der Waals surface area (Å²) in [5.41, 5.74) is 2.73.